The molecule has 0 spiro atoms. The maximum Gasteiger partial charge on any atom is 0.410 e. The van der Waals surface area contributed by atoms with Crippen LogP contribution in [0.2, 0.25) is 0 Å². The molecule has 1 rings (SSSR count). The molecule has 1 amide bonds. The van der Waals surface area contributed by atoms with Gasteiger partial charge in [0, 0.05) is 12.1 Å². The fraction of sp³-hybridized carbons (Fsp3) is 0.857. The van der Waals surface area contributed by atoms with E-state index in [-0.39, 0.29) is 30.1 Å². The number of piperidine rings is 1. The number of esters is 1. The zero-order valence-electron chi connectivity index (χ0n) is 12.7. The third kappa shape index (κ3) is 4.11. The number of hydrogen-bond acceptors (Lipinski definition) is 4. The predicted octanol–water partition coefficient (Wildman–Crippen LogP) is 2.58. The first kappa shape index (κ1) is 15.8. The quantitative estimate of drug-likeness (QED) is 0.688. The third-order valence-electron chi connectivity index (χ3n) is 3.34. The molecule has 5 nitrogen and oxygen atoms in total. The van der Waals surface area contributed by atoms with E-state index in [4.69, 9.17) is 9.47 Å². The van der Waals surface area contributed by atoms with E-state index in [1.165, 1.54) is 7.11 Å². The fourth-order valence-electron chi connectivity index (χ4n) is 2.61. The molecule has 0 saturated carbocycles. The first-order chi connectivity index (χ1) is 8.65. The Balaban J connectivity index is 2.73. The second-order valence-electron chi connectivity index (χ2n) is 6.28. The van der Waals surface area contributed by atoms with Gasteiger partial charge in [-0.15, -0.1) is 0 Å². The molecule has 0 bridgehead atoms. The van der Waals surface area contributed by atoms with Gasteiger partial charge in [0.1, 0.15) is 5.60 Å². The summed E-state index contributed by atoms with van der Waals surface area (Å²) in [6.07, 6.45) is 0.933. The van der Waals surface area contributed by atoms with Gasteiger partial charge in [-0.1, -0.05) is 0 Å². The number of hydrogen-bond donors (Lipinski definition) is 0. The molecular weight excluding hydrogens is 246 g/mol. The van der Waals surface area contributed by atoms with Crippen LogP contribution < -0.4 is 0 Å². The molecule has 1 aliphatic heterocycles. The molecular formula is C14H25NO4. The van der Waals surface area contributed by atoms with Gasteiger partial charge >= 0.3 is 12.1 Å². The first-order valence-corrected chi connectivity index (χ1v) is 6.75. The van der Waals surface area contributed by atoms with Crippen LogP contribution in [0.5, 0.6) is 0 Å². The lowest BCUT2D eigenvalue weighted by Crippen LogP contribution is -2.52. The minimum absolute atomic E-state index is 0.0253. The Hall–Kier alpha value is -1.26. The number of ether oxygens (including phenoxy) is 2. The van der Waals surface area contributed by atoms with Gasteiger partial charge in [0.25, 0.3) is 0 Å². The highest BCUT2D eigenvalue weighted by Gasteiger charge is 2.39. The topological polar surface area (TPSA) is 55.8 Å². The Morgan fingerprint density at radius 3 is 1.95 bits per heavy atom. The standard InChI is InChI=1S/C14H25NO4/c1-9-7-11(12(16)18-6)8-10(2)15(9)13(17)19-14(3,4)5/h9-11H,7-8H2,1-6H3. The van der Waals surface area contributed by atoms with Gasteiger partial charge < -0.3 is 14.4 Å². The van der Waals surface area contributed by atoms with E-state index >= 15 is 0 Å². The maximum atomic E-state index is 12.2. The van der Waals surface area contributed by atoms with Crippen LogP contribution in [-0.2, 0) is 14.3 Å². The van der Waals surface area contributed by atoms with Crippen molar-refractivity contribution in [3.63, 3.8) is 0 Å². The Labute approximate surface area is 115 Å². The average Bonchev–Trinajstić information content (AvgIpc) is 2.24. The summed E-state index contributed by atoms with van der Waals surface area (Å²) in [5.41, 5.74) is -0.504. The minimum Gasteiger partial charge on any atom is -0.469 e. The van der Waals surface area contributed by atoms with Crippen molar-refractivity contribution in [2.45, 2.75) is 65.1 Å². The van der Waals surface area contributed by atoms with Gasteiger partial charge in [0.2, 0.25) is 0 Å². The van der Waals surface area contributed by atoms with Gasteiger partial charge in [-0.05, 0) is 47.5 Å². The van der Waals surface area contributed by atoms with Crippen LogP contribution in [0, 0.1) is 5.92 Å². The summed E-state index contributed by atoms with van der Waals surface area (Å²) in [4.78, 5) is 25.5. The van der Waals surface area contributed by atoms with Gasteiger partial charge in [-0.3, -0.25) is 4.79 Å². The summed E-state index contributed by atoms with van der Waals surface area (Å²) in [5, 5.41) is 0. The summed E-state index contributed by atoms with van der Waals surface area (Å²) < 4.78 is 10.2. The second-order valence-corrected chi connectivity index (χ2v) is 6.28. The average molecular weight is 271 g/mol. The smallest absolute Gasteiger partial charge is 0.410 e. The molecule has 0 N–H and O–H groups in total. The van der Waals surface area contributed by atoms with Gasteiger partial charge in [-0.2, -0.15) is 0 Å². The van der Waals surface area contributed by atoms with Crippen molar-refractivity contribution in [3.8, 4) is 0 Å². The molecule has 0 radical (unpaired) electrons. The van der Waals surface area contributed by atoms with Crippen LogP contribution >= 0.6 is 0 Å². The number of rotatable bonds is 1. The van der Waals surface area contributed by atoms with E-state index in [0.717, 1.165) is 0 Å². The van der Waals surface area contributed by atoms with E-state index < -0.39 is 5.60 Å². The van der Waals surface area contributed by atoms with Crippen LogP contribution in [0.15, 0.2) is 0 Å². The summed E-state index contributed by atoms with van der Waals surface area (Å²) in [5.74, 6) is -0.323. The van der Waals surface area contributed by atoms with E-state index in [9.17, 15) is 9.59 Å². The van der Waals surface area contributed by atoms with Gasteiger partial charge in [0.05, 0.1) is 13.0 Å². The van der Waals surface area contributed by atoms with E-state index in [1.54, 1.807) is 4.90 Å². The van der Waals surface area contributed by atoms with Crippen molar-refractivity contribution in [3.05, 3.63) is 0 Å². The van der Waals surface area contributed by atoms with Crippen molar-refractivity contribution in [1.82, 2.24) is 4.90 Å². The van der Waals surface area contributed by atoms with Crippen LogP contribution in [0.4, 0.5) is 4.79 Å². The van der Waals surface area contributed by atoms with Crippen LogP contribution in [0.25, 0.3) is 0 Å². The number of carbonyl (C=O) groups excluding carboxylic acids is 2. The highest BCUT2D eigenvalue weighted by Crippen LogP contribution is 2.29. The van der Waals surface area contributed by atoms with E-state index in [1.807, 2.05) is 34.6 Å². The number of carbonyl (C=O) groups is 2. The predicted molar refractivity (Wildman–Crippen MR) is 71.7 cm³/mol. The van der Waals surface area contributed by atoms with Gasteiger partial charge in [-0.25, -0.2) is 4.79 Å². The molecule has 5 heteroatoms. The summed E-state index contributed by atoms with van der Waals surface area (Å²) in [6, 6.07) is -0.0506. The lowest BCUT2D eigenvalue weighted by molar-refractivity contribution is -0.148. The molecule has 110 valence electrons. The Kier molecular flexibility index (Phi) is 4.82. The number of methoxy groups -OCH3 is 1. The minimum atomic E-state index is -0.504. The van der Waals surface area contributed by atoms with Crippen LogP contribution in [0.1, 0.15) is 47.5 Å². The van der Waals surface area contributed by atoms with Crippen LogP contribution in [-0.4, -0.2) is 41.8 Å². The van der Waals surface area contributed by atoms with Crippen molar-refractivity contribution in [2.24, 2.45) is 5.92 Å². The molecule has 1 aliphatic rings. The molecule has 0 aromatic heterocycles. The summed E-state index contributed by atoms with van der Waals surface area (Å²) >= 11 is 0. The maximum absolute atomic E-state index is 12.2. The highest BCUT2D eigenvalue weighted by molar-refractivity contribution is 5.74. The second kappa shape index (κ2) is 5.80. The van der Waals surface area contributed by atoms with Crippen molar-refractivity contribution >= 4 is 12.1 Å². The highest BCUT2D eigenvalue weighted by atomic mass is 16.6. The molecule has 19 heavy (non-hydrogen) atoms. The molecule has 1 heterocycles. The largest absolute Gasteiger partial charge is 0.469 e. The zero-order valence-corrected chi connectivity index (χ0v) is 12.7. The monoisotopic (exact) mass is 271 g/mol. The molecule has 1 fully saturated rings. The molecule has 0 aromatic carbocycles. The molecule has 2 atom stereocenters. The normalized spacial score (nSPS) is 27.9. The molecule has 0 aliphatic carbocycles. The Bertz CT molecular complexity index is 336. The molecule has 1 saturated heterocycles. The van der Waals surface area contributed by atoms with Gasteiger partial charge in [0.15, 0.2) is 0 Å². The first-order valence-electron chi connectivity index (χ1n) is 6.75. The SMILES string of the molecule is COC(=O)C1CC(C)N(C(=O)OC(C)(C)C)C(C)C1. The van der Waals surface area contributed by atoms with Crippen molar-refractivity contribution < 1.29 is 19.1 Å². The third-order valence-corrected chi connectivity index (χ3v) is 3.34. The Morgan fingerprint density at radius 2 is 1.58 bits per heavy atom. The fourth-order valence-corrected chi connectivity index (χ4v) is 2.61. The number of nitrogens with zero attached hydrogens (tertiary/aromatic N) is 1. The summed E-state index contributed by atoms with van der Waals surface area (Å²) in [6.45, 7) is 9.43. The number of amides is 1. The van der Waals surface area contributed by atoms with Crippen LogP contribution in [0.3, 0.4) is 0 Å². The lowest BCUT2D eigenvalue weighted by Gasteiger charge is -2.42. The van der Waals surface area contributed by atoms with E-state index in [2.05, 4.69) is 0 Å². The van der Waals surface area contributed by atoms with E-state index in [0.29, 0.717) is 12.8 Å². The summed E-state index contributed by atoms with van der Waals surface area (Å²) in [7, 11) is 1.40. The Morgan fingerprint density at radius 1 is 1.11 bits per heavy atom. The lowest BCUT2D eigenvalue weighted by atomic mass is 9.87. The molecule has 2 unspecified atom stereocenters. The zero-order chi connectivity index (χ0) is 14.8. The number of likely N-dealkylation sites (tertiary alicyclic amines) is 1. The van der Waals surface area contributed by atoms with Crippen molar-refractivity contribution in [2.75, 3.05) is 7.11 Å². The van der Waals surface area contributed by atoms with Crippen molar-refractivity contribution in [1.29, 1.82) is 0 Å². The molecule has 0 aromatic rings.